The molecule has 1 fully saturated rings. The minimum absolute atomic E-state index is 0.533. The van der Waals surface area contributed by atoms with Crippen molar-refractivity contribution in [1.82, 2.24) is 0 Å². The van der Waals surface area contributed by atoms with Gasteiger partial charge in [0, 0.05) is 11.8 Å². The molecular weight excluding hydrogens is 546 g/mol. The first-order valence-electron chi connectivity index (χ1n) is 12.8. The van der Waals surface area contributed by atoms with Gasteiger partial charge in [0.15, 0.2) is 0 Å². The van der Waals surface area contributed by atoms with Gasteiger partial charge in [-0.15, -0.1) is 0 Å². The molecular formula is C32H26F6O3. The van der Waals surface area contributed by atoms with Gasteiger partial charge >= 0.3 is 12.4 Å². The molecule has 1 aliphatic heterocycles. The van der Waals surface area contributed by atoms with Crippen molar-refractivity contribution in [3.05, 3.63) is 130 Å². The number of hydrogen-bond donors (Lipinski definition) is 0. The Morgan fingerprint density at radius 2 is 0.756 bits per heavy atom. The molecule has 0 amide bonds. The summed E-state index contributed by atoms with van der Waals surface area (Å²) >= 11 is 0. The molecule has 0 saturated carbocycles. The van der Waals surface area contributed by atoms with Crippen molar-refractivity contribution in [1.29, 1.82) is 0 Å². The van der Waals surface area contributed by atoms with E-state index < -0.39 is 47.5 Å². The van der Waals surface area contributed by atoms with Crippen molar-refractivity contribution in [3.8, 4) is 11.5 Å². The minimum Gasteiger partial charge on any atom is -0.497 e. The first-order valence-corrected chi connectivity index (χ1v) is 12.8. The molecule has 0 unspecified atom stereocenters. The van der Waals surface area contributed by atoms with E-state index in [-0.39, 0.29) is 0 Å². The zero-order valence-corrected chi connectivity index (χ0v) is 22.0. The first kappa shape index (κ1) is 28.5. The Morgan fingerprint density at radius 1 is 0.463 bits per heavy atom. The summed E-state index contributed by atoms with van der Waals surface area (Å²) in [4.78, 5) is 0. The smallest absolute Gasteiger partial charge is 0.416 e. The average Bonchev–Trinajstić information content (AvgIpc) is 3.37. The monoisotopic (exact) mass is 572 g/mol. The molecule has 0 aliphatic carbocycles. The number of hydrogen-bond acceptors (Lipinski definition) is 3. The van der Waals surface area contributed by atoms with Crippen LogP contribution in [-0.2, 0) is 17.1 Å². The van der Waals surface area contributed by atoms with Crippen LogP contribution in [0.15, 0.2) is 97.1 Å². The van der Waals surface area contributed by atoms with Gasteiger partial charge in [0.1, 0.15) is 11.5 Å². The molecule has 4 atom stereocenters. The molecule has 4 aromatic rings. The molecule has 214 valence electrons. The predicted octanol–water partition coefficient (Wildman–Crippen LogP) is 9.12. The molecule has 0 aromatic heterocycles. The van der Waals surface area contributed by atoms with E-state index in [1.54, 1.807) is 24.3 Å². The number of halogens is 6. The van der Waals surface area contributed by atoms with Gasteiger partial charge in [-0.3, -0.25) is 0 Å². The zero-order chi connectivity index (χ0) is 29.4. The van der Waals surface area contributed by atoms with E-state index in [1.807, 2.05) is 24.3 Å². The number of alkyl halides is 6. The molecule has 1 aliphatic rings. The van der Waals surface area contributed by atoms with Crippen LogP contribution in [0.3, 0.4) is 0 Å². The lowest BCUT2D eigenvalue weighted by atomic mass is 9.75. The van der Waals surface area contributed by atoms with Gasteiger partial charge < -0.3 is 14.2 Å². The quantitative estimate of drug-likeness (QED) is 0.216. The molecule has 0 bridgehead atoms. The summed E-state index contributed by atoms with van der Waals surface area (Å²) < 4.78 is 97.6. The summed E-state index contributed by atoms with van der Waals surface area (Å²) in [5, 5.41) is 0. The standard InChI is InChI=1S/C32H26F6O3/c1-39-25-15-7-21(8-16-25)29-27(19-3-11-23(12-4-19)31(33,34)35)28(20-5-13-24(14-6-20)32(36,37)38)30(41-29)22-9-17-26(40-2)18-10-22/h3-18,27-30H,1-2H3/t27-,28+,29+,30-. The van der Waals surface area contributed by atoms with Crippen molar-refractivity contribution in [2.45, 2.75) is 36.4 Å². The summed E-state index contributed by atoms with van der Waals surface area (Å²) in [5.74, 6) is 0.164. The van der Waals surface area contributed by atoms with Gasteiger partial charge in [-0.05, 0) is 70.8 Å². The summed E-state index contributed by atoms with van der Waals surface area (Å²) in [7, 11) is 3.07. The molecule has 1 heterocycles. The Kier molecular flexibility index (Phi) is 7.74. The van der Waals surface area contributed by atoms with Crippen LogP contribution >= 0.6 is 0 Å². The fraction of sp³-hybridized carbons (Fsp3) is 0.250. The summed E-state index contributed by atoms with van der Waals surface area (Å²) in [6.45, 7) is 0. The third kappa shape index (κ3) is 5.91. The molecule has 0 N–H and O–H groups in total. The van der Waals surface area contributed by atoms with Gasteiger partial charge in [0.25, 0.3) is 0 Å². The normalized spacial score (nSPS) is 21.1. The number of ether oxygens (including phenoxy) is 3. The van der Waals surface area contributed by atoms with E-state index in [9.17, 15) is 26.3 Å². The average molecular weight is 573 g/mol. The highest BCUT2D eigenvalue weighted by molar-refractivity contribution is 5.42. The molecule has 3 nitrogen and oxygen atoms in total. The minimum atomic E-state index is -4.52. The molecule has 1 saturated heterocycles. The van der Waals surface area contributed by atoms with Crippen molar-refractivity contribution in [3.63, 3.8) is 0 Å². The van der Waals surface area contributed by atoms with Crippen LogP contribution in [0.2, 0.25) is 0 Å². The van der Waals surface area contributed by atoms with Crippen molar-refractivity contribution < 1.29 is 40.6 Å². The number of methoxy groups -OCH3 is 2. The van der Waals surface area contributed by atoms with Crippen LogP contribution in [0.4, 0.5) is 26.3 Å². The third-order valence-electron chi connectivity index (χ3n) is 7.47. The van der Waals surface area contributed by atoms with E-state index in [0.29, 0.717) is 22.6 Å². The maximum absolute atomic E-state index is 13.4. The molecule has 5 rings (SSSR count). The molecule has 9 heteroatoms. The van der Waals surface area contributed by atoms with Gasteiger partial charge in [0.2, 0.25) is 0 Å². The number of rotatable bonds is 6. The topological polar surface area (TPSA) is 27.7 Å². The van der Waals surface area contributed by atoms with Gasteiger partial charge in [-0.1, -0.05) is 48.5 Å². The van der Waals surface area contributed by atoms with Crippen LogP contribution in [0, 0.1) is 0 Å². The Morgan fingerprint density at radius 3 is 1.02 bits per heavy atom. The molecule has 41 heavy (non-hydrogen) atoms. The van der Waals surface area contributed by atoms with Crippen LogP contribution in [0.1, 0.15) is 57.4 Å². The number of benzene rings is 4. The lowest BCUT2D eigenvalue weighted by Crippen LogP contribution is -2.15. The summed E-state index contributed by atoms with van der Waals surface area (Å²) in [6.07, 6.45) is -10.3. The van der Waals surface area contributed by atoms with Crippen LogP contribution in [-0.4, -0.2) is 14.2 Å². The summed E-state index contributed by atoms with van der Waals surface area (Å²) in [5.41, 5.74) is 1.06. The molecule has 0 radical (unpaired) electrons. The largest absolute Gasteiger partial charge is 0.497 e. The van der Waals surface area contributed by atoms with E-state index in [1.165, 1.54) is 38.5 Å². The van der Waals surface area contributed by atoms with Crippen molar-refractivity contribution >= 4 is 0 Å². The lowest BCUT2D eigenvalue weighted by molar-refractivity contribution is -0.138. The predicted molar refractivity (Wildman–Crippen MR) is 141 cm³/mol. The van der Waals surface area contributed by atoms with E-state index >= 15 is 0 Å². The molecule has 0 spiro atoms. The fourth-order valence-electron chi connectivity index (χ4n) is 5.42. The first-order chi connectivity index (χ1) is 19.5. The van der Waals surface area contributed by atoms with Gasteiger partial charge in [-0.25, -0.2) is 0 Å². The Balaban J connectivity index is 1.67. The highest BCUT2D eigenvalue weighted by Gasteiger charge is 2.47. The van der Waals surface area contributed by atoms with E-state index in [0.717, 1.165) is 35.4 Å². The second-order valence-electron chi connectivity index (χ2n) is 9.81. The Bertz CT molecular complexity index is 1330. The zero-order valence-electron chi connectivity index (χ0n) is 22.0. The Labute approximate surface area is 233 Å². The van der Waals surface area contributed by atoms with Gasteiger partial charge in [0.05, 0.1) is 37.6 Å². The maximum Gasteiger partial charge on any atom is 0.416 e. The van der Waals surface area contributed by atoms with Crippen LogP contribution in [0.25, 0.3) is 0 Å². The van der Waals surface area contributed by atoms with E-state index in [2.05, 4.69) is 0 Å². The second kappa shape index (κ2) is 11.1. The third-order valence-corrected chi connectivity index (χ3v) is 7.47. The van der Waals surface area contributed by atoms with Crippen LogP contribution in [0.5, 0.6) is 11.5 Å². The van der Waals surface area contributed by atoms with Crippen LogP contribution < -0.4 is 9.47 Å². The summed E-state index contributed by atoms with van der Waals surface area (Å²) in [6, 6.07) is 24.1. The highest BCUT2D eigenvalue weighted by Crippen LogP contribution is 2.59. The Hall–Kier alpha value is -3.98. The lowest BCUT2D eigenvalue weighted by Gasteiger charge is -2.26. The SMILES string of the molecule is COc1ccc([C@H]2O[C@@H](c3ccc(OC)cc3)[C@H](c3ccc(C(F)(F)F)cc3)[C@@H]2c2ccc(C(F)(F)F)cc2)cc1. The maximum atomic E-state index is 13.4. The van der Waals surface area contributed by atoms with Gasteiger partial charge in [-0.2, -0.15) is 26.3 Å². The highest BCUT2D eigenvalue weighted by atomic mass is 19.4. The fourth-order valence-corrected chi connectivity index (χ4v) is 5.42. The van der Waals surface area contributed by atoms with Crippen molar-refractivity contribution in [2.24, 2.45) is 0 Å². The molecule has 4 aromatic carbocycles. The van der Waals surface area contributed by atoms with Crippen molar-refractivity contribution in [2.75, 3.05) is 14.2 Å². The second-order valence-corrected chi connectivity index (χ2v) is 9.81. The van der Waals surface area contributed by atoms with E-state index in [4.69, 9.17) is 14.2 Å².